The Morgan fingerprint density at radius 3 is 2.70 bits per heavy atom. The molecule has 0 unspecified atom stereocenters. The average molecular weight is 566 g/mol. The molecule has 0 N–H and O–H groups in total. The highest BCUT2D eigenvalue weighted by Crippen LogP contribution is 2.40. The minimum absolute atomic E-state index is 0.198. The molecule has 0 bridgehead atoms. The number of fused-ring (bicyclic) bond motifs is 1. The van der Waals surface area contributed by atoms with E-state index in [0.29, 0.717) is 37.7 Å². The Bertz CT molecular complexity index is 1660. The zero-order valence-corrected chi connectivity index (χ0v) is 24.6. The van der Waals surface area contributed by atoms with Crippen LogP contribution < -0.4 is 24.4 Å². The first-order valence-electron chi connectivity index (χ1n) is 13.5. The van der Waals surface area contributed by atoms with Crippen molar-refractivity contribution < 1.29 is 23.7 Å². The second-order valence-electron chi connectivity index (χ2n) is 9.96. The lowest BCUT2D eigenvalue weighted by molar-refractivity contribution is -0.139. The van der Waals surface area contributed by atoms with Gasteiger partial charge in [0.25, 0.3) is 5.56 Å². The predicted molar refractivity (Wildman–Crippen MR) is 153 cm³/mol. The van der Waals surface area contributed by atoms with E-state index in [4.69, 9.17) is 18.9 Å². The Hall–Kier alpha value is -3.63. The Balaban J connectivity index is 1.68. The second-order valence-corrected chi connectivity index (χ2v) is 11.0. The van der Waals surface area contributed by atoms with Gasteiger partial charge in [-0.05, 0) is 64.3 Å². The van der Waals surface area contributed by atoms with E-state index in [1.807, 2.05) is 18.2 Å². The van der Waals surface area contributed by atoms with Crippen LogP contribution in [-0.2, 0) is 20.8 Å². The van der Waals surface area contributed by atoms with Gasteiger partial charge in [-0.2, -0.15) is 0 Å². The third-order valence-electron chi connectivity index (χ3n) is 7.55. The van der Waals surface area contributed by atoms with Crippen LogP contribution in [0.3, 0.4) is 0 Å². The number of ether oxygens (including phenoxy) is 4. The number of para-hydroxylation sites is 1. The molecule has 40 heavy (non-hydrogen) atoms. The van der Waals surface area contributed by atoms with Crippen molar-refractivity contribution in [2.75, 3.05) is 27.4 Å². The molecule has 9 nitrogen and oxygen atoms in total. The summed E-state index contributed by atoms with van der Waals surface area (Å²) in [6.07, 6.45) is 4.28. The smallest absolute Gasteiger partial charge is 0.338 e. The molecule has 212 valence electrons. The molecule has 2 atom stereocenters. The number of rotatable bonds is 8. The zero-order chi connectivity index (χ0) is 28.6. The number of methoxy groups -OCH3 is 2. The van der Waals surface area contributed by atoms with Crippen LogP contribution in [0.2, 0.25) is 0 Å². The van der Waals surface area contributed by atoms with Crippen LogP contribution in [0, 0.1) is 13.8 Å². The Morgan fingerprint density at radius 1 is 1.23 bits per heavy atom. The van der Waals surface area contributed by atoms with E-state index in [2.05, 4.69) is 29.5 Å². The number of carbonyl (C=O) groups is 1. The number of aromatic nitrogens is 2. The van der Waals surface area contributed by atoms with E-state index < -0.39 is 12.0 Å². The summed E-state index contributed by atoms with van der Waals surface area (Å²) in [5.41, 5.74) is 4.33. The van der Waals surface area contributed by atoms with E-state index in [-0.39, 0.29) is 18.3 Å². The lowest BCUT2D eigenvalue weighted by Crippen LogP contribution is -2.40. The third-order valence-corrected chi connectivity index (χ3v) is 8.54. The van der Waals surface area contributed by atoms with E-state index >= 15 is 0 Å². The van der Waals surface area contributed by atoms with Crippen LogP contribution in [0.15, 0.2) is 45.3 Å². The third kappa shape index (κ3) is 4.90. The lowest BCUT2D eigenvalue weighted by Gasteiger charge is -2.26. The van der Waals surface area contributed by atoms with Gasteiger partial charge in [-0.25, -0.2) is 9.79 Å². The van der Waals surface area contributed by atoms with Gasteiger partial charge in [0.05, 0.1) is 42.7 Å². The fourth-order valence-corrected chi connectivity index (χ4v) is 6.64. The number of allylic oxidation sites excluding steroid dienone is 1. The van der Waals surface area contributed by atoms with Gasteiger partial charge in [-0.3, -0.25) is 9.36 Å². The summed E-state index contributed by atoms with van der Waals surface area (Å²) in [6.45, 7) is 9.46. The van der Waals surface area contributed by atoms with Crippen molar-refractivity contribution >= 4 is 23.4 Å². The van der Waals surface area contributed by atoms with E-state index in [9.17, 15) is 9.59 Å². The van der Waals surface area contributed by atoms with Crippen molar-refractivity contribution in [1.82, 2.24) is 9.13 Å². The monoisotopic (exact) mass is 565 g/mol. The molecule has 0 saturated carbocycles. The van der Waals surface area contributed by atoms with Crippen molar-refractivity contribution in [3.05, 3.63) is 77.7 Å². The quantitative estimate of drug-likeness (QED) is 0.389. The van der Waals surface area contributed by atoms with Gasteiger partial charge in [0.1, 0.15) is 6.04 Å². The van der Waals surface area contributed by atoms with Crippen molar-refractivity contribution in [2.45, 2.75) is 59.2 Å². The number of benzene rings is 1. The maximum Gasteiger partial charge on any atom is 0.338 e. The molecule has 2 aliphatic rings. The first-order valence-corrected chi connectivity index (χ1v) is 14.3. The molecule has 0 radical (unpaired) electrons. The molecule has 0 amide bonds. The van der Waals surface area contributed by atoms with Crippen LogP contribution in [0.5, 0.6) is 11.5 Å². The SMILES string of the molecule is CCOC(=O)C1=C(C)N=c2s/c(=C\c3cc(C)n(C[C@@H]4CCCO4)c3C)c(=O)n2[C@@H]1c1cccc(OC)c1OC. The van der Waals surface area contributed by atoms with Crippen LogP contribution >= 0.6 is 11.3 Å². The standard InChI is InChI=1S/C30H35N3O6S/c1-7-38-29(35)25-18(3)31-30-33(26(25)22-11-8-12-23(36-5)27(22)37-6)28(34)24(40-30)15-20-14-17(2)32(19(20)4)16-21-10-9-13-39-21/h8,11-12,14-15,21,26H,7,9-10,13,16H2,1-6H3/b24-15-/t21-,26+/m0/s1. The second kappa shape index (κ2) is 11.5. The molecule has 4 heterocycles. The van der Waals surface area contributed by atoms with Crippen molar-refractivity contribution in [3.63, 3.8) is 0 Å². The van der Waals surface area contributed by atoms with E-state index in [1.165, 1.54) is 18.4 Å². The van der Waals surface area contributed by atoms with Crippen molar-refractivity contribution in [1.29, 1.82) is 0 Å². The van der Waals surface area contributed by atoms with Gasteiger partial charge in [0.15, 0.2) is 16.3 Å². The summed E-state index contributed by atoms with van der Waals surface area (Å²) in [5.74, 6) is 0.419. The lowest BCUT2D eigenvalue weighted by atomic mass is 9.94. The summed E-state index contributed by atoms with van der Waals surface area (Å²) in [7, 11) is 3.09. The fourth-order valence-electron chi connectivity index (χ4n) is 5.60. The minimum atomic E-state index is -0.797. The zero-order valence-electron chi connectivity index (χ0n) is 23.8. The number of aryl methyl sites for hydroxylation is 1. The highest BCUT2D eigenvalue weighted by Gasteiger charge is 2.36. The normalized spacial score (nSPS) is 19.0. The maximum atomic E-state index is 14.1. The summed E-state index contributed by atoms with van der Waals surface area (Å²) >= 11 is 1.30. The van der Waals surface area contributed by atoms with Gasteiger partial charge in [0.2, 0.25) is 0 Å². The maximum absolute atomic E-state index is 14.1. The number of nitrogens with zero attached hydrogens (tertiary/aromatic N) is 3. The van der Waals surface area contributed by atoms with Gasteiger partial charge < -0.3 is 23.5 Å². The highest BCUT2D eigenvalue weighted by molar-refractivity contribution is 7.07. The van der Waals surface area contributed by atoms with Crippen LogP contribution in [0.1, 0.15) is 55.2 Å². The summed E-state index contributed by atoms with van der Waals surface area (Å²) < 4.78 is 26.9. The van der Waals surface area contributed by atoms with Crippen LogP contribution in [0.4, 0.5) is 0 Å². The highest BCUT2D eigenvalue weighted by atomic mass is 32.1. The van der Waals surface area contributed by atoms with Crippen LogP contribution in [-0.4, -0.2) is 48.6 Å². The molecule has 5 rings (SSSR count). The number of thiazole rings is 1. The van der Waals surface area contributed by atoms with E-state index in [1.54, 1.807) is 31.6 Å². The van der Waals surface area contributed by atoms with Crippen molar-refractivity contribution in [2.24, 2.45) is 4.99 Å². The molecular formula is C30H35N3O6S. The molecule has 1 fully saturated rings. The number of hydrogen-bond donors (Lipinski definition) is 0. The fraction of sp³-hybridized carbons (Fsp3) is 0.433. The first-order chi connectivity index (χ1) is 19.3. The molecule has 1 saturated heterocycles. The summed E-state index contributed by atoms with van der Waals surface area (Å²) in [4.78, 5) is 32.5. The first kappa shape index (κ1) is 27.9. The van der Waals surface area contributed by atoms with Crippen molar-refractivity contribution in [3.8, 4) is 11.5 Å². The van der Waals surface area contributed by atoms with Crippen LogP contribution in [0.25, 0.3) is 6.08 Å². The Labute approximate surface area is 237 Å². The summed E-state index contributed by atoms with van der Waals surface area (Å²) in [5, 5.41) is 0. The molecule has 2 aromatic heterocycles. The molecule has 10 heteroatoms. The predicted octanol–water partition coefficient (Wildman–Crippen LogP) is 3.41. The van der Waals surface area contributed by atoms with Gasteiger partial charge in [-0.1, -0.05) is 23.5 Å². The largest absolute Gasteiger partial charge is 0.493 e. The van der Waals surface area contributed by atoms with Gasteiger partial charge in [-0.15, -0.1) is 0 Å². The molecule has 0 spiro atoms. The number of esters is 1. The Morgan fingerprint density at radius 2 is 2.02 bits per heavy atom. The molecule has 0 aliphatic carbocycles. The molecule has 1 aromatic carbocycles. The average Bonchev–Trinajstić information content (AvgIpc) is 3.63. The number of carbonyl (C=O) groups excluding carboxylic acids is 1. The molecule has 2 aliphatic heterocycles. The Kier molecular flexibility index (Phi) is 8.00. The topological polar surface area (TPSA) is 93.3 Å². The van der Waals surface area contributed by atoms with E-state index in [0.717, 1.165) is 42.9 Å². The van der Waals surface area contributed by atoms with Gasteiger partial charge >= 0.3 is 5.97 Å². The minimum Gasteiger partial charge on any atom is -0.493 e. The summed E-state index contributed by atoms with van der Waals surface area (Å²) in [6, 6.07) is 6.72. The molecular weight excluding hydrogens is 530 g/mol. The number of hydrogen-bond acceptors (Lipinski definition) is 8. The van der Waals surface area contributed by atoms with Gasteiger partial charge in [0, 0.05) is 30.1 Å². The molecule has 3 aromatic rings.